The van der Waals surface area contributed by atoms with Crippen LogP contribution in [0.1, 0.15) is 20.3 Å². The molecule has 1 unspecified atom stereocenters. The third kappa shape index (κ3) is 5.10. The van der Waals surface area contributed by atoms with Crippen LogP contribution in [0.5, 0.6) is 0 Å². The maximum absolute atomic E-state index is 10.5. The molecule has 3 nitrogen and oxygen atoms in total. The molecule has 0 bridgehead atoms. The summed E-state index contributed by atoms with van der Waals surface area (Å²) in [6.45, 7) is 7.31. The first kappa shape index (κ1) is 11.7. The van der Waals surface area contributed by atoms with Crippen molar-refractivity contribution in [2.24, 2.45) is 5.92 Å². The second-order valence-electron chi connectivity index (χ2n) is 1.83. The van der Waals surface area contributed by atoms with Gasteiger partial charge in [-0.3, -0.25) is 4.79 Å². The van der Waals surface area contributed by atoms with E-state index in [2.05, 4.69) is 11.3 Å². The molecule has 0 saturated heterocycles. The molecule has 0 saturated carbocycles. The smallest absolute Gasteiger partial charge is 0.308 e. The van der Waals surface area contributed by atoms with Crippen molar-refractivity contribution < 1.29 is 9.53 Å². The third-order valence-corrected chi connectivity index (χ3v) is 1.22. The number of methoxy groups -OCH3 is 1. The van der Waals surface area contributed by atoms with E-state index in [1.165, 1.54) is 7.11 Å². The van der Waals surface area contributed by atoms with E-state index in [-0.39, 0.29) is 11.9 Å². The standard InChI is InChI=1S/C6H12O2.CHN/c1-4-5(2)6(7)8-3;1-2/h5H,4H2,1-3H3;1H. The predicted octanol–water partition coefficient (Wildman–Crippen LogP) is 1.35. The number of ether oxygens (including phenoxy) is 1. The molecule has 0 aromatic heterocycles. The molecule has 58 valence electrons. The van der Waals surface area contributed by atoms with Gasteiger partial charge in [-0.15, -0.1) is 0 Å². The fourth-order valence-electron chi connectivity index (χ4n) is 0.368. The topological polar surface area (TPSA) is 50.1 Å². The van der Waals surface area contributed by atoms with E-state index in [1.807, 2.05) is 13.8 Å². The Hall–Kier alpha value is -1.04. The van der Waals surface area contributed by atoms with Crippen LogP contribution < -0.4 is 0 Å². The van der Waals surface area contributed by atoms with E-state index in [0.717, 1.165) is 6.42 Å². The van der Waals surface area contributed by atoms with Crippen LogP contribution in [0.2, 0.25) is 0 Å². The van der Waals surface area contributed by atoms with Crippen molar-refractivity contribution in [2.45, 2.75) is 20.3 Å². The number of nitriles is 1. The summed E-state index contributed by atoms with van der Waals surface area (Å²) < 4.78 is 4.46. The van der Waals surface area contributed by atoms with E-state index < -0.39 is 0 Å². The van der Waals surface area contributed by atoms with Crippen LogP contribution in [0, 0.1) is 17.8 Å². The van der Waals surface area contributed by atoms with Crippen LogP contribution in [0.25, 0.3) is 0 Å². The molecule has 0 heterocycles. The van der Waals surface area contributed by atoms with Crippen LogP contribution in [0.4, 0.5) is 0 Å². The van der Waals surface area contributed by atoms with Gasteiger partial charge in [0, 0.05) is 6.57 Å². The Balaban J connectivity index is 0. The Morgan fingerprint density at radius 3 is 2.20 bits per heavy atom. The maximum Gasteiger partial charge on any atom is 0.308 e. The zero-order valence-electron chi connectivity index (χ0n) is 6.63. The third-order valence-electron chi connectivity index (χ3n) is 1.22. The van der Waals surface area contributed by atoms with E-state index in [9.17, 15) is 4.79 Å². The summed E-state index contributed by atoms with van der Waals surface area (Å²) in [5.74, 6) is -0.0625. The van der Waals surface area contributed by atoms with Gasteiger partial charge in [0.25, 0.3) is 0 Å². The zero-order chi connectivity index (χ0) is 8.57. The molecule has 0 fully saturated rings. The van der Waals surface area contributed by atoms with E-state index >= 15 is 0 Å². The van der Waals surface area contributed by atoms with Crippen molar-refractivity contribution in [3.63, 3.8) is 0 Å². The summed E-state index contributed by atoms with van der Waals surface area (Å²) in [6, 6.07) is 0. The second kappa shape index (κ2) is 7.96. The molecule has 0 aromatic rings. The Morgan fingerprint density at radius 2 is 2.10 bits per heavy atom. The largest absolute Gasteiger partial charge is 0.469 e. The molecular weight excluding hydrogens is 130 g/mol. The minimum Gasteiger partial charge on any atom is -0.469 e. The lowest BCUT2D eigenvalue weighted by atomic mass is 10.1. The number of nitrogens with zero attached hydrogens (tertiary/aromatic N) is 1. The van der Waals surface area contributed by atoms with E-state index in [0.29, 0.717) is 0 Å². The highest BCUT2D eigenvalue weighted by Gasteiger charge is 2.08. The van der Waals surface area contributed by atoms with Crippen molar-refractivity contribution in [2.75, 3.05) is 7.11 Å². The van der Waals surface area contributed by atoms with Gasteiger partial charge in [-0.05, 0) is 6.42 Å². The molecule has 0 rings (SSSR count). The Morgan fingerprint density at radius 1 is 1.70 bits per heavy atom. The van der Waals surface area contributed by atoms with Gasteiger partial charge in [0.05, 0.1) is 13.0 Å². The first-order valence-electron chi connectivity index (χ1n) is 3.06. The van der Waals surface area contributed by atoms with Crippen molar-refractivity contribution in [1.82, 2.24) is 0 Å². The van der Waals surface area contributed by atoms with Gasteiger partial charge in [0.1, 0.15) is 0 Å². The van der Waals surface area contributed by atoms with Gasteiger partial charge in [-0.1, -0.05) is 13.8 Å². The summed E-state index contributed by atoms with van der Waals surface area (Å²) in [5, 5.41) is 6.50. The quantitative estimate of drug-likeness (QED) is 0.548. The average Bonchev–Trinajstić information content (AvgIpc) is 2.05. The molecule has 0 aliphatic rings. The molecule has 0 aliphatic heterocycles. The number of hydrogen-bond acceptors (Lipinski definition) is 3. The summed E-state index contributed by atoms with van der Waals surface area (Å²) in [7, 11) is 1.41. The number of rotatable bonds is 2. The first-order valence-corrected chi connectivity index (χ1v) is 3.06. The number of hydrogen-bond donors (Lipinski definition) is 0. The highest BCUT2D eigenvalue weighted by Crippen LogP contribution is 2.00. The maximum atomic E-state index is 10.5. The van der Waals surface area contributed by atoms with Crippen LogP contribution in [0.3, 0.4) is 0 Å². The molecule has 0 amide bonds. The molecule has 0 radical (unpaired) electrons. The van der Waals surface area contributed by atoms with Crippen molar-refractivity contribution in [3.05, 3.63) is 0 Å². The lowest BCUT2D eigenvalue weighted by Gasteiger charge is -2.02. The van der Waals surface area contributed by atoms with Gasteiger partial charge in [-0.25, -0.2) is 5.26 Å². The minimum atomic E-state index is -0.118. The highest BCUT2D eigenvalue weighted by molar-refractivity contribution is 5.71. The number of esters is 1. The zero-order valence-corrected chi connectivity index (χ0v) is 6.63. The fourth-order valence-corrected chi connectivity index (χ4v) is 0.368. The summed E-state index contributed by atoms with van der Waals surface area (Å²) in [5.41, 5.74) is 0. The lowest BCUT2D eigenvalue weighted by molar-refractivity contribution is -0.144. The molecule has 0 aromatic carbocycles. The molecular formula is C7H13NO2. The van der Waals surface area contributed by atoms with Gasteiger partial charge in [0.2, 0.25) is 0 Å². The van der Waals surface area contributed by atoms with Gasteiger partial charge in [0.15, 0.2) is 0 Å². The van der Waals surface area contributed by atoms with Crippen LogP contribution in [-0.2, 0) is 9.53 Å². The molecule has 0 spiro atoms. The summed E-state index contributed by atoms with van der Waals surface area (Å²) in [4.78, 5) is 10.5. The van der Waals surface area contributed by atoms with Gasteiger partial charge >= 0.3 is 5.97 Å². The van der Waals surface area contributed by atoms with E-state index in [4.69, 9.17) is 5.26 Å². The summed E-state index contributed by atoms with van der Waals surface area (Å²) in [6.07, 6.45) is 0.854. The van der Waals surface area contributed by atoms with Crippen LogP contribution in [0.15, 0.2) is 0 Å². The normalized spacial score (nSPS) is 10.5. The minimum absolute atomic E-state index is 0.0556. The SMILES string of the molecule is C#N.CCC(C)C(=O)OC. The molecule has 1 atom stereocenters. The Kier molecular flexibility index (Phi) is 9.33. The van der Waals surface area contributed by atoms with Gasteiger partial charge < -0.3 is 4.74 Å². The molecule has 10 heavy (non-hydrogen) atoms. The van der Waals surface area contributed by atoms with Crippen LogP contribution >= 0.6 is 0 Å². The van der Waals surface area contributed by atoms with Crippen molar-refractivity contribution in [3.8, 4) is 6.57 Å². The Labute approximate surface area is 61.6 Å². The van der Waals surface area contributed by atoms with E-state index in [1.54, 1.807) is 0 Å². The second-order valence-corrected chi connectivity index (χ2v) is 1.83. The van der Waals surface area contributed by atoms with Crippen molar-refractivity contribution >= 4 is 5.97 Å². The number of carbonyl (C=O) groups is 1. The molecule has 3 heteroatoms. The fraction of sp³-hybridized carbons (Fsp3) is 0.714. The molecule has 0 N–H and O–H groups in total. The van der Waals surface area contributed by atoms with Gasteiger partial charge in [-0.2, -0.15) is 0 Å². The van der Waals surface area contributed by atoms with Crippen LogP contribution in [-0.4, -0.2) is 13.1 Å². The molecule has 0 aliphatic carbocycles. The first-order chi connectivity index (χ1) is 4.72. The lowest BCUT2D eigenvalue weighted by Crippen LogP contribution is -2.10. The summed E-state index contributed by atoms with van der Waals surface area (Å²) >= 11 is 0. The highest BCUT2D eigenvalue weighted by atomic mass is 16.5. The van der Waals surface area contributed by atoms with Crippen molar-refractivity contribution in [1.29, 1.82) is 5.26 Å². The predicted molar refractivity (Wildman–Crippen MR) is 38.1 cm³/mol. The average molecular weight is 143 g/mol. The number of carbonyl (C=O) groups excluding carboxylic acids is 1. The monoisotopic (exact) mass is 143 g/mol. The Bertz CT molecular complexity index is 109.